The lowest BCUT2D eigenvalue weighted by Crippen LogP contribution is -2.57. The molecule has 0 amide bonds. The Morgan fingerprint density at radius 3 is 2.71 bits per heavy atom. The fraction of sp³-hybridized carbons (Fsp3) is 0.364. The summed E-state index contributed by atoms with van der Waals surface area (Å²) >= 11 is 13.5. The van der Waals surface area contributed by atoms with Gasteiger partial charge < -0.3 is 10.4 Å². The number of aliphatic carboxylic acids is 1. The second-order valence-corrected chi connectivity index (χ2v) is 6.39. The van der Waals surface area contributed by atoms with E-state index in [9.17, 15) is 4.79 Å². The highest BCUT2D eigenvalue weighted by Gasteiger charge is 2.40. The summed E-state index contributed by atoms with van der Waals surface area (Å²) in [4.78, 5) is 11.7. The second-order valence-electron chi connectivity index (χ2n) is 4.03. The molecule has 1 aliphatic rings. The molecule has 2 N–H and O–H groups in total. The Bertz CT molecular complexity index is 449. The largest absolute Gasteiger partial charge is 0.481 e. The van der Waals surface area contributed by atoms with Gasteiger partial charge in [0.1, 0.15) is 0 Å². The minimum Gasteiger partial charge on any atom is -0.481 e. The highest BCUT2D eigenvalue weighted by atomic mass is 35.5. The predicted octanol–water partition coefficient (Wildman–Crippen LogP) is 2.90. The first-order valence-corrected chi connectivity index (χ1v) is 6.65. The van der Waals surface area contributed by atoms with E-state index in [4.69, 9.17) is 28.3 Å². The molecule has 92 valence electrons. The van der Waals surface area contributed by atoms with E-state index >= 15 is 0 Å². The van der Waals surface area contributed by atoms with Crippen LogP contribution in [0.2, 0.25) is 10.0 Å². The minimum absolute atomic E-state index is 0.119. The fourth-order valence-corrected chi connectivity index (χ4v) is 3.53. The van der Waals surface area contributed by atoms with Gasteiger partial charge in [-0.3, -0.25) is 4.79 Å². The Kier molecular flexibility index (Phi) is 3.88. The number of hydrogen-bond acceptors (Lipinski definition) is 3. The van der Waals surface area contributed by atoms with Gasteiger partial charge in [0.2, 0.25) is 0 Å². The van der Waals surface area contributed by atoms with Crippen LogP contribution in [-0.2, 0) is 4.79 Å². The topological polar surface area (TPSA) is 49.3 Å². The summed E-state index contributed by atoms with van der Waals surface area (Å²) < 4.78 is -0.305. The zero-order valence-corrected chi connectivity index (χ0v) is 11.2. The van der Waals surface area contributed by atoms with Crippen LogP contribution in [0.1, 0.15) is 6.42 Å². The van der Waals surface area contributed by atoms with Gasteiger partial charge in [0.25, 0.3) is 0 Å². The number of rotatable bonds is 4. The molecular weight excluding hydrogens is 281 g/mol. The molecule has 1 aromatic rings. The second kappa shape index (κ2) is 5.06. The van der Waals surface area contributed by atoms with Crippen molar-refractivity contribution in [2.75, 3.05) is 13.1 Å². The molecule has 0 spiro atoms. The molecule has 2 rings (SSSR count). The Balaban J connectivity index is 2.18. The molecule has 0 saturated carbocycles. The molecule has 1 aromatic carbocycles. The molecule has 1 aliphatic heterocycles. The highest BCUT2D eigenvalue weighted by molar-refractivity contribution is 8.01. The third-order valence-corrected chi connectivity index (χ3v) is 4.69. The first-order valence-electron chi connectivity index (χ1n) is 5.07. The van der Waals surface area contributed by atoms with Gasteiger partial charge in [-0.2, -0.15) is 0 Å². The summed E-state index contributed by atoms with van der Waals surface area (Å²) in [7, 11) is 0. The van der Waals surface area contributed by atoms with Crippen molar-refractivity contribution in [1.82, 2.24) is 5.32 Å². The Morgan fingerprint density at radius 2 is 2.18 bits per heavy atom. The van der Waals surface area contributed by atoms with Crippen molar-refractivity contribution in [2.24, 2.45) is 0 Å². The molecule has 1 fully saturated rings. The minimum atomic E-state index is -0.794. The lowest BCUT2D eigenvalue weighted by molar-refractivity contribution is -0.138. The van der Waals surface area contributed by atoms with Crippen LogP contribution in [0.15, 0.2) is 23.1 Å². The molecule has 1 heterocycles. The molecule has 0 bridgehead atoms. The van der Waals surface area contributed by atoms with Crippen molar-refractivity contribution in [2.45, 2.75) is 16.1 Å². The van der Waals surface area contributed by atoms with Crippen LogP contribution in [-0.4, -0.2) is 28.9 Å². The first-order chi connectivity index (χ1) is 8.01. The van der Waals surface area contributed by atoms with Gasteiger partial charge in [-0.25, -0.2) is 0 Å². The van der Waals surface area contributed by atoms with Gasteiger partial charge >= 0.3 is 5.97 Å². The molecule has 0 atom stereocenters. The molecule has 17 heavy (non-hydrogen) atoms. The van der Waals surface area contributed by atoms with Gasteiger partial charge in [0.15, 0.2) is 0 Å². The normalized spacial score (nSPS) is 17.5. The highest BCUT2D eigenvalue weighted by Crippen LogP contribution is 2.42. The zero-order chi connectivity index (χ0) is 12.5. The van der Waals surface area contributed by atoms with Gasteiger partial charge in [-0.15, -0.1) is 11.8 Å². The molecule has 0 aromatic heterocycles. The van der Waals surface area contributed by atoms with Crippen molar-refractivity contribution in [3.63, 3.8) is 0 Å². The van der Waals surface area contributed by atoms with E-state index in [1.54, 1.807) is 18.2 Å². The van der Waals surface area contributed by atoms with E-state index in [0.29, 0.717) is 23.1 Å². The van der Waals surface area contributed by atoms with E-state index in [1.807, 2.05) is 0 Å². The average molecular weight is 292 g/mol. The van der Waals surface area contributed by atoms with E-state index in [-0.39, 0.29) is 11.2 Å². The molecule has 3 nitrogen and oxygen atoms in total. The van der Waals surface area contributed by atoms with Crippen LogP contribution in [0, 0.1) is 0 Å². The van der Waals surface area contributed by atoms with Crippen molar-refractivity contribution in [3.8, 4) is 0 Å². The Hall–Kier alpha value is -0.420. The van der Waals surface area contributed by atoms with Crippen LogP contribution >= 0.6 is 35.0 Å². The number of carbonyl (C=O) groups is 1. The molecule has 6 heteroatoms. The summed E-state index contributed by atoms with van der Waals surface area (Å²) in [5, 5.41) is 13.2. The van der Waals surface area contributed by atoms with Crippen LogP contribution in [0.4, 0.5) is 0 Å². The molecule has 0 radical (unpaired) electrons. The smallest absolute Gasteiger partial charge is 0.304 e. The van der Waals surface area contributed by atoms with Gasteiger partial charge in [0.05, 0.1) is 16.2 Å². The van der Waals surface area contributed by atoms with E-state index in [2.05, 4.69) is 5.32 Å². The predicted molar refractivity (Wildman–Crippen MR) is 70.2 cm³/mol. The number of benzene rings is 1. The maximum atomic E-state index is 10.8. The number of hydrogen-bond donors (Lipinski definition) is 2. The molecule has 1 saturated heterocycles. The third-order valence-electron chi connectivity index (χ3n) is 2.59. The van der Waals surface area contributed by atoms with Crippen molar-refractivity contribution >= 4 is 40.9 Å². The van der Waals surface area contributed by atoms with Crippen LogP contribution < -0.4 is 5.32 Å². The summed E-state index contributed by atoms with van der Waals surface area (Å²) in [5.74, 6) is -0.794. The number of halogens is 2. The summed E-state index contributed by atoms with van der Waals surface area (Å²) in [6.07, 6.45) is 0.119. The Morgan fingerprint density at radius 1 is 1.47 bits per heavy atom. The van der Waals surface area contributed by atoms with Crippen molar-refractivity contribution in [1.29, 1.82) is 0 Å². The van der Waals surface area contributed by atoms with Gasteiger partial charge in [-0.1, -0.05) is 23.2 Å². The number of thioether (sulfide) groups is 1. The SMILES string of the molecule is O=C(O)CC1(Sc2cc(Cl)ccc2Cl)CNC1. The lowest BCUT2D eigenvalue weighted by Gasteiger charge is -2.41. The molecule has 0 unspecified atom stereocenters. The third kappa shape index (κ3) is 3.07. The number of carboxylic acid groups (broad SMARTS) is 1. The van der Waals surface area contributed by atoms with Gasteiger partial charge in [-0.05, 0) is 18.2 Å². The standard InChI is InChI=1S/C11H11Cl2NO2S/c12-7-1-2-8(13)9(3-7)17-11(4-10(15)16)5-14-6-11/h1-3,14H,4-6H2,(H,15,16). The maximum Gasteiger partial charge on any atom is 0.304 e. The van der Waals surface area contributed by atoms with Crippen LogP contribution in [0.25, 0.3) is 0 Å². The van der Waals surface area contributed by atoms with Crippen molar-refractivity contribution < 1.29 is 9.90 Å². The first kappa shape index (κ1) is 13.0. The van der Waals surface area contributed by atoms with Crippen molar-refractivity contribution in [3.05, 3.63) is 28.2 Å². The summed E-state index contributed by atoms with van der Waals surface area (Å²) in [5.41, 5.74) is 0. The van der Waals surface area contributed by atoms with E-state index < -0.39 is 5.97 Å². The average Bonchev–Trinajstić information content (AvgIpc) is 2.19. The van der Waals surface area contributed by atoms with Gasteiger partial charge in [0, 0.05) is 23.0 Å². The molecule has 0 aliphatic carbocycles. The molecular formula is C11H11Cl2NO2S. The summed E-state index contributed by atoms with van der Waals surface area (Å²) in [6.45, 7) is 1.35. The quantitative estimate of drug-likeness (QED) is 0.896. The van der Waals surface area contributed by atoms with Crippen LogP contribution in [0.3, 0.4) is 0 Å². The number of carboxylic acids is 1. The summed E-state index contributed by atoms with van der Waals surface area (Å²) in [6, 6.07) is 5.22. The van der Waals surface area contributed by atoms with E-state index in [0.717, 1.165) is 4.90 Å². The maximum absolute atomic E-state index is 10.8. The number of nitrogens with one attached hydrogen (secondary N) is 1. The Labute approximate surface area is 113 Å². The van der Waals surface area contributed by atoms with Crippen LogP contribution in [0.5, 0.6) is 0 Å². The van der Waals surface area contributed by atoms with E-state index in [1.165, 1.54) is 11.8 Å². The lowest BCUT2D eigenvalue weighted by atomic mass is 9.98. The zero-order valence-electron chi connectivity index (χ0n) is 8.87. The fourth-order valence-electron chi connectivity index (χ4n) is 1.70. The monoisotopic (exact) mass is 291 g/mol.